The maximum atomic E-state index is 11.5. The molecule has 8 heteroatoms. The van der Waals surface area contributed by atoms with Gasteiger partial charge in [-0.05, 0) is 20.8 Å². The summed E-state index contributed by atoms with van der Waals surface area (Å²) >= 11 is 1.71. The number of aromatic nitrogens is 1. The fraction of sp³-hybridized carbons (Fsp3) is 0.714. The number of rotatable bonds is 8. The Kier molecular flexibility index (Phi) is 7.81. The minimum atomic E-state index is -2.97. The van der Waals surface area contributed by atoms with Gasteiger partial charge in [-0.25, -0.2) is 13.4 Å². The highest BCUT2D eigenvalue weighted by molar-refractivity contribution is 7.91. The number of aliphatic imine (C=N–C) groups is 1. The van der Waals surface area contributed by atoms with Gasteiger partial charge in [0.25, 0.3) is 0 Å². The molecule has 0 atom stereocenters. The van der Waals surface area contributed by atoms with Gasteiger partial charge in [0.15, 0.2) is 15.8 Å². The first-order valence-electron chi connectivity index (χ1n) is 7.53. The molecule has 0 fully saturated rings. The second kappa shape index (κ2) is 9.09. The first-order valence-corrected chi connectivity index (χ1v) is 10.2. The molecule has 2 N–H and O–H groups in total. The van der Waals surface area contributed by atoms with E-state index in [4.69, 9.17) is 0 Å². The van der Waals surface area contributed by atoms with Crippen molar-refractivity contribution in [3.8, 4) is 0 Å². The molecule has 0 saturated carbocycles. The van der Waals surface area contributed by atoms with Crippen molar-refractivity contribution in [2.45, 2.75) is 34.1 Å². The second-order valence-electron chi connectivity index (χ2n) is 4.92. The van der Waals surface area contributed by atoms with Crippen LogP contribution in [0, 0.1) is 13.8 Å². The summed E-state index contributed by atoms with van der Waals surface area (Å²) in [5, 5.41) is 7.43. The summed E-state index contributed by atoms with van der Waals surface area (Å²) in [6.45, 7) is 9.46. The summed E-state index contributed by atoms with van der Waals surface area (Å²) < 4.78 is 22.9. The van der Waals surface area contributed by atoms with E-state index in [-0.39, 0.29) is 18.1 Å². The largest absolute Gasteiger partial charge is 0.357 e. The average molecular weight is 347 g/mol. The standard InChI is InChI=1S/C14H26N4O2S2/c1-5-15-14(17-9-10-22(19,20)6-2)16-8-7-13-18-11(3)12(4)21-13/h5-10H2,1-4H3,(H2,15,16,17). The molecule has 0 amide bonds. The van der Waals surface area contributed by atoms with Gasteiger partial charge in [-0.3, -0.25) is 4.99 Å². The summed E-state index contributed by atoms with van der Waals surface area (Å²) in [6, 6.07) is 0. The Morgan fingerprint density at radius 2 is 2.00 bits per heavy atom. The number of nitrogens with zero attached hydrogens (tertiary/aromatic N) is 2. The van der Waals surface area contributed by atoms with Gasteiger partial charge in [-0.2, -0.15) is 0 Å². The Hall–Kier alpha value is -1.15. The van der Waals surface area contributed by atoms with Gasteiger partial charge in [0.2, 0.25) is 0 Å². The number of nitrogens with one attached hydrogen (secondary N) is 2. The van der Waals surface area contributed by atoms with Crippen molar-refractivity contribution >= 4 is 27.1 Å². The smallest absolute Gasteiger partial charge is 0.191 e. The monoisotopic (exact) mass is 346 g/mol. The highest BCUT2D eigenvalue weighted by Gasteiger charge is 2.07. The van der Waals surface area contributed by atoms with Crippen molar-refractivity contribution in [2.24, 2.45) is 4.99 Å². The third kappa shape index (κ3) is 6.74. The van der Waals surface area contributed by atoms with Crippen LogP contribution in [0.15, 0.2) is 4.99 Å². The molecule has 0 aliphatic carbocycles. The molecule has 1 heterocycles. The van der Waals surface area contributed by atoms with E-state index in [0.717, 1.165) is 30.2 Å². The van der Waals surface area contributed by atoms with Crippen LogP contribution in [0.5, 0.6) is 0 Å². The summed E-state index contributed by atoms with van der Waals surface area (Å²) in [5.41, 5.74) is 1.09. The molecule has 0 aromatic carbocycles. The van der Waals surface area contributed by atoms with Crippen LogP contribution in [-0.2, 0) is 16.3 Å². The van der Waals surface area contributed by atoms with Gasteiger partial charge in [-0.1, -0.05) is 6.92 Å². The van der Waals surface area contributed by atoms with E-state index in [1.807, 2.05) is 13.8 Å². The molecule has 1 aromatic heterocycles. The van der Waals surface area contributed by atoms with Crippen LogP contribution in [0.4, 0.5) is 0 Å². The van der Waals surface area contributed by atoms with Crippen molar-refractivity contribution in [3.05, 3.63) is 15.6 Å². The molecule has 0 spiro atoms. The van der Waals surface area contributed by atoms with Crippen molar-refractivity contribution in [1.82, 2.24) is 15.6 Å². The van der Waals surface area contributed by atoms with E-state index in [2.05, 4.69) is 27.5 Å². The van der Waals surface area contributed by atoms with Gasteiger partial charge >= 0.3 is 0 Å². The minimum absolute atomic E-state index is 0.0882. The van der Waals surface area contributed by atoms with E-state index < -0.39 is 9.84 Å². The zero-order chi connectivity index (χ0) is 16.6. The fourth-order valence-electron chi connectivity index (χ4n) is 1.72. The van der Waals surface area contributed by atoms with Crippen molar-refractivity contribution in [1.29, 1.82) is 0 Å². The van der Waals surface area contributed by atoms with Gasteiger partial charge in [0, 0.05) is 30.1 Å². The molecule has 126 valence electrons. The molecule has 6 nitrogen and oxygen atoms in total. The molecular formula is C14H26N4O2S2. The van der Waals surface area contributed by atoms with Crippen molar-refractivity contribution < 1.29 is 8.42 Å². The lowest BCUT2D eigenvalue weighted by atomic mass is 10.4. The third-order valence-electron chi connectivity index (χ3n) is 3.16. The number of guanidine groups is 1. The maximum absolute atomic E-state index is 11.5. The van der Waals surface area contributed by atoms with Gasteiger partial charge in [0.05, 0.1) is 23.0 Å². The highest BCUT2D eigenvalue weighted by Crippen LogP contribution is 2.16. The quantitative estimate of drug-likeness (QED) is 0.547. The zero-order valence-corrected chi connectivity index (χ0v) is 15.4. The lowest BCUT2D eigenvalue weighted by Crippen LogP contribution is -2.38. The second-order valence-corrected chi connectivity index (χ2v) is 8.68. The molecule has 0 aliphatic rings. The highest BCUT2D eigenvalue weighted by atomic mass is 32.2. The van der Waals surface area contributed by atoms with E-state index >= 15 is 0 Å². The fourth-order valence-corrected chi connectivity index (χ4v) is 3.31. The predicted octanol–water partition coefficient (Wildman–Crippen LogP) is 1.29. The van der Waals surface area contributed by atoms with Gasteiger partial charge in [0.1, 0.15) is 0 Å². The Labute approximate surface area is 137 Å². The number of hydrogen-bond donors (Lipinski definition) is 2. The molecule has 1 rings (SSSR count). The lowest BCUT2D eigenvalue weighted by molar-refractivity contribution is 0.597. The zero-order valence-electron chi connectivity index (χ0n) is 13.8. The first kappa shape index (κ1) is 18.9. The third-order valence-corrected chi connectivity index (χ3v) is 5.98. The summed E-state index contributed by atoms with van der Waals surface area (Å²) in [4.78, 5) is 10.0. The van der Waals surface area contributed by atoms with E-state index in [0.29, 0.717) is 5.96 Å². The van der Waals surface area contributed by atoms with Crippen LogP contribution in [0.3, 0.4) is 0 Å². The first-order chi connectivity index (χ1) is 10.4. The Morgan fingerprint density at radius 3 is 2.55 bits per heavy atom. The topological polar surface area (TPSA) is 83.5 Å². The van der Waals surface area contributed by atoms with Crippen LogP contribution in [0.2, 0.25) is 0 Å². The maximum Gasteiger partial charge on any atom is 0.191 e. The van der Waals surface area contributed by atoms with Crippen molar-refractivity contribution in [3.63, 3.8) is 0 Å². The summed E-state index contributed by atoms with van der Waals surface area (Å²) in [7, 11) is -2.97. The van der Waals surface area contributed by atoms with Crippen LogP contribution in [-0.4, -0.2) is 50.5 Å². The Morgan fingerprint density at radius 1 is 1.27 bits per heavy atom. The summed E-state index contributed by atoms with van der Waals surface area (Å²) in [6.07, 6.45) is 0.830. The number of sulfone groups is 1. The average Bonchev–Trinajstić information content (AvgIpc) is 2.77. The minimum Gasteiger partial charge on any atom is -0.357 e. The lowest BCUT2D eigenvalue weighted by Gasteiger charge is -2.10. The summed E-state index contributed by atoms with van der Waals surface area (Å²) in [5.74, 6) is 0.902. The Bertz CT molecular complexity index is 574. The number of aryl methyl sites for hydroxylation is 2. The molecule has 22 heavy (non-hydrogen) atoms. The molecule has 0 unspecified atom stereocenters. The normalized spacial score (nSPS) is 12.5. The molecule has 0 saturated heterocycles. The van der Waals surface area contributed by atoms with Gasteiger partial charge in [-0.15, -0.1) is 11.3 Å². The molecular weight excluding hydrogens is 320 g/mol. The number of hydrogen-bond acceptors (Lipinski definition) is 5. The van der Waals surface area contributed by atoms with Gasteiger partial charge < -0.3 is 10.6 Å². The molecule has 0 radical (unpaired) electrons. The number of thiazole rings is 1. The van der Waals surface area contributed by atoms with E-state index in [9.17, 15) is 8.42 Å². The van der Waals surface area contributed by atoms with Crippen molar-refractivity contribution in [2.75, 3.05) is 31.1 Å². The van der Waals surface area contributed by atoms with E-state index in [1.54, 1.807) is 18.3 Å². The van der Waals surface area contributed by atoms with Crippen LogP contribution in [0.25, 0.3) is 0 Å². The predicted molar refractivity (Wildman–Crippen MR) is 93.6 cm³/mol. The molecule has 0 aliphatic heterocycles. The van der Waals surface area contributed by atoms with E-state index in [1.165, 1.54) is 4.88 Å². The van der Waals surface area contributed by atoms with Crippen LogP contribution >= 0.6 is 11.3 Å². The van der Waals surface area contributed by atoms with Crippen LogP contribution < -0.4 is 10.6 Å². The SMILES string of the molecule is CCNC(=NCCS(=O)(=O)CC)NCCc1nc(C)c(C)s1. The Balaban J connectivity index is 2.46. The van der Waals surface area contributed by atoms with Crippen LogP contribution in [0.1, 0.15) is 29.4 Å². The molecule has 1 aromatic rings. The molecule has 0 bridgehead atoms.